The van der Waals surface area contributed by atoms with E-state index in [2.05, 4.69) is 25.6 Å². The summed E-state index contributed by atoms with van der Waals surface area (Å²) in [4.78, 5) is 11.3. The summed E-state index contributed by atoms with van der Waals surface area (Å²) >= 11 is 0.907. The number of halogens is 6. The van der Waals surface area contributed by atoms with Crippen LogP contribution >= 0.6 is 11.3 Å². The number of guanidine groups is 1. The lowest BCUT2D eigenvalue weighted by Gasteiger charge is -2.14. The summed E-state index contributed by atoms with van der Waals surface area (Å²) in [6.45, 7) is -1.12. The molecule has 2 aromatic heterocycles. The summed E-state index contributed by atoms with van der Waals surface area (Å²) in [7, 11) is 1.48. The second kappa shape index (κ2) is 9.76. The van der Waals surface area contributed by atoms with Gasteiger partial charge in [-0.3, -0.25) is 4.99 Å². The van der Waals surface area contributed by atoms with Gasteiger partial charge in [0.1, 0.15) is 0 Å². The minimum Gasteiger partial charge on any atom is -0.468 e. The van der Waals surface area contributed by atoms with E-state index in [0.29, 0.717) is 16.5 Å². The number of ether oxygens (including phenoxy) is 1. The Kier molecular flexibility index (Phi) is 7.65. The largest absolute Gasteiger partial charge is 0.468 e. The number of rotatable bonds is 7. The lowest BCUT2D eigenvalue weighted by atomic mass is 10.2. The van der Waals surface area contributed by atoms with Crippen molar-refractivity contribution in [2.45, 2.75) is 25.3 Å². The fourth-order valence-corrected chi connectivity index (χ4v) is 2.89. The van der Waals surface area contributed by atoms with E-state index in [9.17, 15) is 26.3 Å². The Hall–Kier alpha value is -2.57. The van der Waals surface area contributed by atoms with Crippen LogP contribution in [0.2, 0.25) is 0 Å². The fourth-order valence-electron chi connectivity index (χ4n) is 2.08. The first kappa shape index (κ1) is 22.7. The van der Waals surface area contributed by atoms with Gasteiger partial charge in [0.15, 0.2) is 18.3 Å². The zero-order valence-electron chi connectivity index (χ0n) is 15.1. The smallest absolute Gasteiger partial charge is 0.434 e. The van der Waals surface area contributed by atoms with E-state index in [4.69, 9.17) is 4.74 Å². The second-order valence-corrected chi connectivity index (χ2v) is 6.54. The molecule has 2 rings (SSSR count). The molecule has 0 fully saturated rings. The molecular formula is C16H17F6N5OS. The van der Waals surface area contributed by atoms with E-state index in [-0.39, 0.29) is 25.4 Å². The summed E-state index contributed by atoms with van der Waals surface area (Å²) in [6.07, 6.45) is -7.41. The minimum atomic E-state index is -4.48. The Morgan fingerprint density at radius 1 is 1.21 bits per heavy atom. The molecule has 0 aliphatic heterocycles. The Morgan fingerprint density at radius 3 is 2.59 bits per heavy atom. The molecule has 0 amide bonds. The van der Waals surface area contributed by atoms with Crippen molar-refractivity contribution in [2.75, 3.05) is 20.2 Å². The predicted molar refractivity (Wildman–Crippen MR) is 94.8 cm³/mol. The van der Waals surface area contributed by atoms with Crippen molar-refractivity contribution in [3.8, 4) is 5.88 Å². The van der Waals surface area contributed by atoms with Crippen molar-refractivity contribution in [3.05, 3.63) is 40.0 Å². The molecule has 160 valence electrons. The predicted octanol–water partition coefficient (Wildman–Crippen LogP) is 3.41. The van der Waals surface area contributed by atoms with Crippen molar-refractivity contribution < 1.29 is 31.1 Å². The molecule has 29 heavy (non-hydrogen) atoms. The second-order valence-electron chi connectivity index (χ2n) is 5.60. The summed E-state index contributed by atoms with van der Waals surface area (Å²) in [5.41, 5.74) is -0.544. The molecule has 0 aliphatic carbocycles. The van der Waals surface area contributed by atoms with Gasteiger partial charge in [-0.25, -0.2) is 9.97 Å². The Labute approximate surface area is 166 Å². The van der Waals surface area contributed by atoms with Gasteiger partial charge in [0.2, 0.25) is 5.88 Å². The van der Waals surface area contributed by atoms with Crippen LogP contribution in [0.1, 0.15) is 16.3 Å². The lowest BCUT2D eigenvalue weighted by molar-refractivity contribution is -0.154. The molecule has 13 heteroatoms. The molecule has 0 atom stereocenters. The van der Waals surface area contributed by atoms with E-state index < -0.39 is 24.7 Å². The van der Waals surface area contributed by atoms with Crippen LogP contribution in [0.15, 0.2) is 28.7 Å². The monoisotopic (exact) mass is 441 g/mol. The highest BCUT2D eigenvalue weighted by Gasteiger charge is 2.33. The molecule has 0 unspecified atom stereocenters. The van der Waals surface area contributed by atoms with Crippen molar-refractivity contribution in [1.29, 1.82) is 0 Å². The third-order valence-electron chi connectivity index (χ3n) is 3.37. The first-order chi connectivity index (χ1) is 13.6. The van der Waals surface area contributed by atoms with Crippen LogP contribution in [0.25, 0.3) is 0 Å². The normalized spacial score (nSPS) is 12.7. The van der Waals surface area contributed by atoms with Gasteiger partial charge in [-0.1, -0.05) is 6.07 Å². The quantitative estimate of drug-likeness (QED) is 0.392. The van der Waals surface area contributed by atoms with Crippen LogP contribution in [0.3, 0.4) is 0 Å². The van der Waals surface area contributed by atoms with Gasteiger partial charge in [0.05, 0.1) is 5.01 Å². The standard InChI is InChI=1S/C16H17F6N5OS/c1-23-14(25-6-4-12-27-11(8-29-12)16(20,21)22)26-7-10-3-2-5-24-13(10)28-9-15(17,18)19/h2-3,5,8H,4,6-7,9H2,1H3,(H2,23,25,26). The number of aliphatic imine (C=N–C) groups is 1. The molecule has 0 aliphatic rings. The Morgan fingerprint density at radius 2 is 1.97 bits per heavy atom. The van der Waals surface area contributed by atoms with Crippen LogP contribution in [-0.2, 0) is 19.1 Å². The van der Waals surface area contributed by atoms with E-state index in [0.717, 1.165) is 16.7 Å². The van der Waals surface area contributed by atoms with E-state index >= 15 is 0 Å². The molecular weight excluding hydrogens is 424 g/mol. The average molecular weight is 441 g/mol. The molecule has 2 aromatic rings. The summed E-state index contributed by atoms with van der Waals surface area (Å²) in [5, 5.41) is 7.04. The third-order valence-corrected chi connectivity index (χ3v) is 4.27. The zero-order valence-corrected chi connectivity index (χ0v) is 15.9. The molecule has 0 spiro atoms. The summed E-state index contributed by atoms with van der Waals surface area (Å²) in [6, 6.07) is 3.10. The molecule has 0 saturated heterocycles. The molecule has 0 aromatic carbocycles. The maximum atomic E-state index is 12.5. The van der Waals surface area contributed by atoms with Crippen LogP contribution < -0.4 is 15.4 Å². The molecule has 0 radical (unpaired) electrons. The van der Waals surface area contributed by atoms with Gasteiger partial charge in [-0.05, 0) is 6.07 Å². The SMILES string of the molecule is CN=C(NCCc1nc(C(F)(F)F)cs1)NCc1cccnc1OCC(F)(F)F. The lowest BCUT2D eigenvalue weighted by Crippen LogP contribution is -2.38. The molecule has 2 heterocycles. The summed E-state index contributed by atoms with van der Waals surface area (Å²) in [5.74, 6) is 0.151. The number of hydrogen-bond donors (Lipinski definition) is 2. The number of nitrogens with zero attached hydrogens (tertiary/aromatic N) is 3. The molecule has 0 saturated carbocycles. The average Bonchev–Trinajstić information content (AvgIpc) is 3.12. The number of pyridine rings is 1. The highest BCUT2D eigenvalue weighted by Crippen LogP contribution is 2.30. The molecule has 2 N–H and O–H groups in total. The minimum absolute atomic E-state index is 0.0795. The van der Waals surface area contributed by atoms with E-state index in [1.807, 2.05) is 0 Å². The van der Waals surface area contributed by atoms with Crippen molar-refractivity contribution in [1.82, 2.24) is 20.6 Å². The fraction of sp³-hybridized carbons (Fsp3) is 0.438. The highest BCUT2D eigenvalue weighted by atomic mass is 32.1. The number of thiazole rings is 1. The Balaban J connectivity index is 1.84. The maximum absolute atomic E-state index is 12.5. The van der Waals surface area contributed by atoms with Gasteiger partial charge in [-0.15, -0.1) is 11.3 Å². The van der Waals surface area contributed by atoms with Gasteiger partial charge in [0.25, 0.3) is 0 Å². The van der Waals surface area contributed by atoms with Crippen molar-refractivity contribution >= 4 is 17.3 Å². The molecule has 6 nitrogen and oxygen atoms in total. The number of aromatic nitrogens is 2. The summed E-state index contributed by atoms with van der Waals surface area (Å²) < 4.78 is 79.3. The topological polar surface area (TPSA) is 71.4 Å². The first-order valence-corrected chi connectivity index (χ1v) is 9.06. The van der Waals surface area contributed by atoms with Crippen LogP contribution in [0, 0.1) is 0 Å². The van der Waals surface area contributed by atoms with Crippen LogP contribution in [0.5, 0.6) is 5.88 Å². The van der Waals surface area contributed by atoms with Gasteiger partial charge in [-0.2, -0.15) is 26.3 Å². The number of nitrogens with one attached hydrogen (secondary N) is 2. The number of hydrogen-bond acceptors (Lipinski definition) is 5. The molecule has 0 bridgehead atoms. The third kappa shape index (κ3) is 7.75. The van der Waals surface area contributed by atoms with Crippen molar-refractivity contribution in [3.63, 3.8) is 0 Å². The van der Waals surface area contributed by atoms with E-state index in [1.165, 1.54) is 13.2 Å². The highest BCUT2D eigenvalue weighted by molar-refractivity contribution is 7.09. The maximum Gasteiger partial charge on any atom is 0.434 e. The van der Waals surface area contributed by atoms with Crippen LogP contribution in [-0.4, -0.2) is 42.3 Å². The Bertz CT molecular complexity index is 821. The van der Waals surface area contributed by atoms with Crippen molar-refractivity contribution in [2.24, 2.45) is 4.99 Å². The first-order valence-electron chi connectivity index (χ1n) is 8.18. The van der Waals surface area contributed by atoms with Gasteiger partial charge in [0, 0.05) is 43.7 Å². The van der Waals surface area contributed by atoms with Gasteiger partial charge >= 0.3 is 12.4 Å². The van der Waals surface area contributed by atoms with E-state index in [1.54, 1.807) is 12.1 Å². The number of alkyl halides is 6. The van der Waals surface area contributed by atoms with Crippen LogP contribution in [0.4, 0.5) is 26.3 Å². The van der Waals surface area contributed by atoms with Gasteiger partial charge < -0.3 is 15.4 Å². The zero-order chi connectivity index (χ0) is 21.5.